The van der Waals surface area contributed by atoms with E-state index in [2.05, 4.69) is 34.4 Å². The third kappa shape index (κ3) is 5.70. The van der Waals surface area contributed by atoms with Crippen LogP contribution < -0.4 is 10.6 Å². The molecule has 0 atom stereocenters. The second kappa shape index (κ2) is 8.48. The largest absolute Gasteiger partial charge is 0.384 e. The standard InChI is InChI=1S/C14H24N4O/c1-4-8-15-12-6-7-13(17-11-12)14(19)16-9-10-18(3)5-2/h6-7,11,15H,4-5,8-10H2,1-3H3,(H,16,19). The summed E-state index contributed by atoms with van der Waals surface area (Å²) in [6, 6.07) is 3.63. The normalized spacial score (nSPS) is 10.5. The first kappa shape index (κ1) is 15.4. The van der Waals surface area contributed by atoms with Crippen LogP contribution in [0.2, 0.25) is 0 Å². The fourth-order valence-electron chi connectivity index (χ4n) is 1.51. The monoisotopic (exact) mass is 264 g/mol. The summed E-state index contributed by atoms with van der Waals surface area (Å²) in [7, 11) is 2.03. The SMILES string of the molecule is CCCNc1ccc(C(=O)NCCN(C)CC)nc1. The topological polar surface area (TPSA) is 57.3 Å². The van der Waals surface area contributed by atoms with Gasteiger partial charge in [0, 0.05) is 19.6 Å². The summed E-state index contributed by atoms with van der Waals surface area (Å²) in [4.78, 5) is 18.1. The molecule has 5 heteroatoms. The van der Waals surface area contributed by atoms with Crippen molar-refractivity contribution >= 4 is 11.6 Å². The van der Waals surface area contributed by atoms with Gasteiger partial charge < -0.3 is 15.5 Å². The van der Waals surface area contributed by atoms with Crippen LogP contribution in [0.5, 0.6) is 0 Å². The van der Waals surface area contributed by atoms with Gasteiger partial charge in [0.1, 0.15) is 5.69 Å². The van der Waals surface area contributed by atoms with E-state index in [0.717, 1.165) is 31.7 Å². The van der Waals surface area contributed by atoms with Crippen LogP contribution in [-0.4, -0.2) is 49.0 Å². The van der Waals surface area contributed by atoms with Gasteiger partial charge in [-0.3, -0.25) is 4.79 Å². The number of amides is 1. The highest BCUT2D eigenvalue weighted by molar-refractivity contribution is 5.92. The Morgan fingerprint density at radius 3 is 2.68 bits per heavy atom. The first-order chi connectivity index (χ1) is 9.17. The minimum Gasteiger partial charge on any atom is -0.384 e. The van der Waals surface area contributed by atoms with E-state index in [4.69, 9.17) is 0 Å². The van der Waals surface area contributed by atoms with Crippen molar-refractivity contribution in [3.05, 3.63) is 24.0 Å². The van der Waals surface area contributed by atoms with Crippen LogP contribution in [0, 0.1) is 0 Å². The Morgan fingerprint density at radius 2 is 2.11 bits per heavy atom. The van der Waals surface area contributed by atoms with Crippen LogP contribution in [0.1, 0.15) is 30.8 Å². The van der Waals surface area contributed by atoms with Crippen molar-refractivity contribution in [2.45, 2.75) is 20.3 Å². The molecule has 1 aromatic rings. The lowest BCUT2D eigenvalue weighted by Gasteiger charge is -2.13. The number of rotatable bonds is 8. The molecule has 0 saturated heterocycles. The number of hydrogen-bond acceptors (Lipinski definition) is 4. The quantitative estimate of drug-likeness (QED) is 0.748. The van der Waals surface area contributed by atoms with Crippen LogP contribution >= 0.6 is 0 Å². The zero-order valence-electron chi connectivity index (χ0n) is 12.1. The number of pyridine rings is 1. The first-order valence-electron chi connectivity index (χ1n) is 6.84. The Kier molecular flexibility index (Phi) is 6.89. The second-order valence-corrected chi connectivity index (χ2v) is 4.51. The van der Waals surface area contributed by atoms with Gasteiger partial charge in [0.25, 0.3) is 5.91 Å². The van der Waals surface area contributed by atoms with Crippen molar-refractivity contribution in [1.29, 1.82) is 0 Å². The Morgan fingerprint density at radius 1 is 1.32 bits per heavy atom. The molecule has 2 N–H and O–H groups in total. The molecule has 0 aliphatic rings. The molecule has 19 heavy (non-hydrogen) atoms. The summed E-state index contributed by atoms with van der Waals surface area (Å²) in [5.41, 5.74) is 1.41. The molecule has 106 valence electrons. The molecule has 1 amide bonds. The van der Waals surface area contributed by atoms with E-state index in [0.29, 0.717) is 12.2 Å². The number of nitrogens with zero attached hydrogens (tertiary/aromatic N) is 2. The predicted molar refractivity (Wildman–Crippen MR) is 78.5 cm³/mol. The van der Waals surface area contributed by atoms with Gasteiger partial charge in [-0.25, -0.2) is 4.98 Å². The fourth-order valence-corrected chi connectivity index (χ4v) is 1.51. The van der Waals surface area contributed by atoms with Gasteiger partial charge in [-0.15, -0.1) is 0 Å². The van der Waals surface area contributed by atoms with Crippen molar-refractivity contribution in [3.63, 3.8) is 0 Å². The molecule has 0 aliphatic carbocycles. The van der Waals surface area contributed by atoms with Crippen molar-refractivity contribution < 1.29 is 4.79 Å². The van der Waals surface area contributed by atoms with Gasteiger partial charge in [0.2, 0.25) is 0 Å². The predicted octanol–water partition coefficient (Wildman–Crippen LogP) is 1.58. The number of anilines is 1. The maximum atomic E-state index is 11.8. The van der Waals surface area contributed by atoms with Crippen molar-refractivity contribution in [3.8, 4) is 0 Å². The number of aromatic nitrogens is 1. The lowest BCUT2D eigenvalue weighted by molar-refractivity contribution is 0.0945. The van der Waals surface area contributed by atoms with Crippen LogP contribution in [0.25, 0.3) is 0 Å². The molecule has 0 radical (unpaired) electrons. The number of carbonyl (C=O) groups excluding carboxylic acids is 1. The molecular formula is C14H24N4O. The van der Waals surface area contributed by atoms with E-state index in [1.165, 1.54) is 0 Å². The molecule has 1 aromatic heterocycles. The highest BCUT2D eigenvalue weighted by atomic mass is 16.1. The molecule has 1 rings (SSSR count). The molecule has 0 aliphatic heterocycles. The summed E-state index contributed by atoms with van der Waals surface area (Å²) < 4.78 is 0. The summed E-state index contributed by atoms with van der Waals surface area (Å²) in [6.45, 7) is 7.57. The van der Waals surface area contributed by atoms with E-state index < -0.39 is 0 Å². The molecule has 0 aromatic carbocycles. The van der Waals surface area contributed by atoms with E-state index >= 15 is 0 Å². The Hall–Kier alpha value is -1.62. The molecule has 0 saturated carbocycles. The van der Waals surface area contributed by atoms with Crippen LogP contribution in [0.3, 0.4) is 0 Å². The zero-order valence-corrected chi connectivity index (χ0v) is 12.1. The van der Waals surface area contributed by atoms with Gasteiger partial charge in [-0.05, 0) is 32.1 Å². The third-order valence-corrected chi connectivity index (χ3v) is 2.89. The first-order valence-corrected chi connectivity index (χ1v) is 6.84. The molecule has 0 spiro atoms. The lowest BCUT2D eigenvalue weighted by atomic mass is 10.3. The maximum Gasteiger partial charge on any atom is 0.269 e. The zero-order chi connectivity index (χ0) is 14.1. The lowest BCUT2D eigenvalue weighted by Crippen LogP contribution is -2.33. The summed E-state index contributed by atoms with van der Waals surface area (Å²) in [5.74, 6) is -0.119. The molecule has 1 heterocycles. The van der Waals surface area contributed by atoms with Gasteiger partial charge in [-0.1, -0.05) is 13.8 Å². The smallest absolute Gasteiger partial charge is 0.269 e. The highest BCUT2D eigenvalue weighted by Gasteiger charge is 2.06. The number of carbonyl (C=O) groups is 1. The van der Waals surface area contributed by atoms with Crippen molar-refractivity contribution in [2.24, 2.45) is 0 Å². The number of hydrogen-bond donors (Lipinski definition) is 2. The molecule has 0 fully saturated rings. The van der Waals surface area contributed by atoms with Crippen LogP contribution in [-0.2, 0) is 0 Å². The Balaban J connectivity index is 2.40. The van der Waals surface area contributed by atoms with Gasteiger partial charge in [-0.2, -0.15) is 0 Å². The fraction of sp³-hybridized carbons (Fsp3) is 0.571. The van der Waals surface area contributed by atoms with E-state index in [-0.39, 0.29) is 5.91 Å². The molecule has 0 bridgehead atoms. The number of nitrogens with one attached hydrogen (secondary N) is 2. The van der Waals surface area contributed by atoms with Crippen molar-refractivity contribution in [2.75, 3.05) is 38.5 Å². The Bertz CT molecular complexity index is 378. The van der Waals surface area contributed by atoms with E-state index in [9.17, 15) is 4.79 Å². The average Bonchev–Trinajstić information content (AvgIpc) is 2.45. The Labute approximate surface area is 115 Å². The summed E-state index contributed by atoms with van der Waals surface area (Å²) in [5, 5.41) is 6.09. The average molecular weight is 264 g/mol. The highest BCUT2D eigenvalue weighted by Crippen LogP contribution is 2.05. The molecule has 5 nitrogen and oxygen atoms in total. The summed E-state index contributed by atoms with van der Waals surface area (Å²) in [6.07, 6.45) is 2.76. The van der Waals surface area contributed by atoms with Crippen molar-refractivity contribution in [1.82, 2.24) is 15.2 Å². The third-order valence-electron chi connectivity index (χ3n) is 2.89. The molecule has 0 unspecified atom stereocenters. The summed E-state index contributed by atoms with van der Waals surface area (Å²) >= 11 is 0. The maximum absolute atomic E-state index is 11.8. The number of likely N-dealkylation sites (N-methyl/N-ethyl adjacent to an activating group) is 1. The van der Waals surface area contributed by atoms with Gasteiger partial charge in [0.05, 0.1) is 11.9 Å². The van der Waals surface area contributed by atoms with E-state index in [1.807, 2.05) is 13.1 Å². The van der Waals surface area contributed by atoms with Crippen LogP contribution in [0.15, 0.2) is 18.3 Å². The molecular weight excluding hydrogens is 240 g/mol. The van der Waals surface area contributed by atoms with Gasteiger partial charge >= 0.3 is 0 Å². The van der Waals surface area contributed by atoms with Gasteiger partial charge in [0.15, 0.2) is 0 Å². The minimum atomic E-state index is -0.119. The van der Waals surface area contributed by atoms with E-state index in [1.54, 1.807) is 12.3 Å². The van der Waals surface area contributed by atoms with Crippen LogP contribution in [0.4, 0.5) is 5.69 Å². The second-order valence-electron chi connectivity index (χ2n) is 4.51. The minimum absolute atomic E-state index is 0.119.